The van der Waals surface area contributed by atoms with Gasteiger partial charge in [0.2, 0.25) is 0 Å². The average molecular weight is 205 g/mol. The fraction of sp³-hybridized carbons (Fsp3) is 0.273. The van der Waals surface area contributed by atoms with Gasteiger partial charge in [0.1, 0.15) is 0 Å². The normalized spacial score (nSPS) is 9.14. The summed E-state index contributed by atoms with van der Waals surface area (Å²) in [4.78, 5) is 0. The Bertz CT molecular complexity index is 351. The molecule has 0 aliphatic carbocycles. The summed E-state index contributed by atoms with van der Waals surface area (Å²) in [6.07, 6.45) is 0.819. The number of rotatable bonds is 3. The van der Waals surface area contributed by atoms with E-state index in [0.717, 1.165) is 12.0 Å². The van der Waals surface area contributed by atoms with Gasteiger partial charge in [-0.1, -0.05) is 12.1 Å². The van der Waals surface area contributed by atoms with Crippen molar-refractivity contribution in [1.29, 1.82) is 5.26 Å². The first-order valence-electron chi connectivity index (χ1n) is 4.35. The molecule has 1 rings (SSSR count). The molecule has 0 spiro atoms. The van der Waals surface area contributed by atoms with Gasteiger partial charge in [-0.2, -0.15) is 5.26 Å². The zero-order valence-electron chi connectivity index (χ0n) is 7.99. The summed E-state index contributed by atoms with van der Waals surface area (Å²) in [7, 11) is 0. The Hall–Kier alpha value is -1.40. The molecule has 1 aromatic carbocycles. The van der Waals surface area contributed by atoms with Gasteiger partial charge >= 0.3 is 0 Å². The van der Waals surface area contributed by atoms with E-state index in [1.54, 1.807) is 19.1 Å². The largest absolute Gasteiger partial charge is 0.487 e. The molecule has 0 unspecified atom stereocenters. The lowest BCUT2D eigenvalue weighted by Gasteiger charge is -2.03. The van der Waals surface area contributed by atoms with Crippen LogP contribution in [0.2, 0.25) is 0 Å². The second-order valence-corrected chi connectivity index (χ2v) is 3.47. The van der Waals surface area contributed by atoms with E-state index in [1.165, 1.54) is 0 Å². The lowest BCUT2D eigenvalue weighted by Crippen LogP contribution is -2.01. The van der Waals surface area contributed by atoms with E-state index in [1.807, 2.05) is 12.1 Å². The van der Waals surface area contributed by atoms with E-state index in [0.29, 0.717) is 17.2 Å². The first kappa shape index (κ1) is 10.7. The molecular formula is C11H11NOS. The van der Waals surface area contributed by atoms with Crippen LogP contribution >= 0.6 is 12.2 Å². The summed E-state index contributed by atoms with van der Waals surface area (Å²) in [5.41, 5.74) is 1.83. The van der Waals surface area contributed by atoms with Crippen LogP contribution in [0.5, 0.6) is 0 Å². The van der Waals surface area contributed by atoms with Gasteiger partial charge < -0.3 is 4.74 Å². The molecule has 0 saturated carbocycles. The van der Waals surface area contributed by atoms with E-state index in [4.69, 9.17) is 22.2 Å². The van der Waals surface area contributed by atoms with Gasteiger partial charge in [-0.3, -0.25) is 0 Å². The highest BCUT2D eigenvalue weighted by atomic mass is 32.1. The van der Waals surface area contributed by atoms with Crippen molar-refractivity contribution in [2.75, 3.05) is 6.61 Å². The van der Waals surface area contributed by atoms with E-state index in [-0.39, 0.29) is 0 Å². The van der Waals surface area contributed by atoms with Crippen LogP contribution in [0.25, 0.3) is 0 Å². The van der Waals surface area contributed by atoms with Gasteiger partial charge in [-0.25, -0.2) is 0 Å². The van der Waals surface area contributed by atoms with Crippen LogP contribution in [-0.4, -0.2) is 11.7 Å². The minimum Gasteiger partial charge on any atom is -0.487 e. The number of hydrogen-bond acceptors (Lipinski definition) is 3. The molecule has 72 valence electrons. The van der Waals surface area contributed by atoms with E-state index >= 15 is 0 Å². The van der Waals surface area contributed by atoms with Crippen molar-refractivity contribution in [3.8, 4) is 6.07 Å². The topological polar surface area (TPSA) is 33.0 Å². The van der Waals surface area contributed by atoms with Crippen molar-refractivity contribution in [2.24, 2.45) is 0 Å². The number of nitriles is 1. The van der Waals surface area contributed by atoms with E-state index in [9.17, 15) is 0 Å². The Morgan fingerprint density at radius 2 is 2.07 bits per heavy atom. The first-order valence-corrected chi connectivity index (χ1v) is 4.75. The highest BCUT2D eigenvalue weighted by Gasteiger charge is 1.94. The number of benzene rings is 1. The molecule has 0 N–H and O–H groups in total. The van der Waals surface area contributed by atoms with Crippen molar-refractivity contribution in [2.45, 2.75) is 13.3 Å². The molecule has 14 heavy (non-hydrogen) atoms. The van der Waals surface area contributed by atoms with Crippen LogP contribution in [-0.2, 0) is 11.2 Å². The molecule has 3 heteroatoms. The molecule has 0 heterocycles. The molecule has 0 fully saturated rings. The molecule has 0 atom stereocenters. The highest BCUT2D eigenvalue weighted by Crippen LogP contribution is 2.04. The zero-order valence-corrected chi connectivity index (χ0v) is 8.80. The Balaban J connectivity index is 2.45. The molecule has 0 aromatic heterocycles. The van der Waals surface area contributed by atoms with Gasteiger partial charge in [0.15, 0.2) is 5.05 Å². The second kappa shape index (κ2) is 5.36. The van der Waals surface area contributed by atoms with Crippen molar-refractivity contribution < 1.29 is 4.74 Å². The second-order valence-electron chi connectivity index (χ2n) is 2.90. The maximum Gasteiger partial charge on any atom is 0.156 e. The summed E-state index contributed by atoms with van der Waals surface area (Å²) in [5, 5.41) is 9.15. The summed E-state index contributed by atoms with van der Waals surface area (Å²) in [6.45, 7) is 2.36. The van der Waals surface area contributed by atoms with Gasteiger partial charge in [0.05, 0.1) is 18.2 Å². The number of thiocarbonyl (C=S) groups is 1. The molecule has 0 radical (unpaired) electrons. The molecule has 0 aliphatic heterocycles. The lowest BCUT2D eigenvalue weighted by molar-refractivity contribution is 0.315. The first-order chi connectivity index (χ1) is 6.72. The molecule has 2 nitrogen and oxygen atoms in total. The quantitative estimate of drug-likeness (QED) is 0.711. The summed E-state index contributed by atoms with van der Waals surface area (Å²) < 4.78 is 5.17. The van der Waals surface area contributed by atoms with Crippen LogP contribution in [0, 0.1) is 11.3 Å². The maximum atomic E-state index is 8.59. The summed E-state index contributed by atoms with van der Waals surface area (Å²) in [6, 6.07) is 9.55. The fourth-order valence-electron chi connectivity index (χ4n) is 1.06. The molecular weight excluding hydrogens is 194 g/mol. The Morgan fingerprint density at radius 1 is 1.43 bits per heavy atom. The van der Waals surface area contributed by atoms with Crippen molar-refractivity contribution in [3.63, 3.8) is 0 Å². The Labute approximate surface area is 89.1 Å². The van der Waals surface area contributed by atoms with Gasteiger partial charge in [-0.15, -0.1) is 0 Å². The SMILES string of the molecule is CC(=S)OCCc1ccc(C#N)cc1. The van der Waals surface area contributed by atoms with Crippen LogP contribution in [0.3, 0.4) is 0 Å². The molecule has 0 aliphatic rings. The molecule has 0 bridgehead atoms. The third kappa shape index (κ3) is 3.55. The van der Waals surface area contributed by atoms with Crippen LogP contribution < -0.4 is 0 Å². The average Bonchev–Trinajstić information content (AvgIpc) is 2.18. The minimum atomic E-state index is 0.568. The molecule has 0 amide bonds. The van der Waals surface area contributed by atoms with Crippen LogP contribution in [0.15, 0.2) is 24.3 Å². The minimum absolute atomic E-state index is 0.568. The van der Waals surface area contributed by atoms with Crippen LogP contribution in [0.1, 0.15) is 18.1 Å². The van der Waals surface area contributed by atoms with Crippen molar-refractivity contribution >= 4 is 17.3 Å². The van der Waals surface area contributed by atoms with E-state index < -0.39 is 0 Å². The lowest BCUT2D eigenvalue weighted by atomic mass is 10.1. The van der Waals surface area contributed by atoms with Gasteiger partial charge in [0.25, 0.3) is 0 Å². The number of nitrogens with zero attached hydrogens (tertiary/aromatic N) is 1. The zero-order chi connectivity index (χ0) is 10.4. The monoisotopic (exact) mass is 205 g/mol. The molecule has 1 aromatic rings. The van der Waals surface area contributed by atoms with Gasteiger partial charge in [0, 0.05) is 13.3 Å². The van der Waals surface area contributed by atoms with Crippen molar-refractivity contribution in [1.82, 2.24) is 0 Å². The third-order valence-corrected chi connectivity index (χ3v) is 1.90. The number of hydrogen-bond donors (Lipinski definition) is 0. The Morgan fingerprint density at radius 3 is 2.57 bits per heavy atom. The highest BCUT2D eigenvalue weighted by molar-refractivity contribution is 7.80. The van der Waals surface area contributed by atoms with E-state index in [2.05, 4.69) is 6.07 Å². The predicted molar refractivity (Wildman–Crippen MR) is 59.1 cm³/mol. The fourth-order valence-corrected chi connectivity index (χ4v) is 1.14. The van der Waals surface area contributed by atoms with Crippen molar-refractivity contribution in [3.05, 3.63) is 35.4 Å². The standard InChI is InChI=1S/C11H11NOS/c1-9(14)13-7-6-10-2-4-11(8-12)5-3-10/h2-5H,6-7H2,1H3. The smallest absolute Gasteiger partial charge is 0.156 e. The number of ether oxygens (including phenoxy) is 1. The summed E-state index contributed by atoms with van der Waals surface area (Å²) in [5.74, 6) is 0. The third-order valence-electron chi connectivity index (χ3n) is 1.78. The predicted octanol–water partition coefficient (Wildman–Crippen LogP) is 2.46. The maximum absolute atomic E-state index is 8.59. The van der Waals surface area contributed by atoms with Crippen LogP contribution in [0.4, 0.5) is 0 Å². The summed E-state index contributed by atoms with van der Waals surface area (Å²) >= 11 is 4.79. The Kier molecular flexibility index (Phi) is 4.09. The molecule has 0 saturated heterocycles. The van der Waals surface area contributed by atoms with Gasteiger partial charge in [-0.05, 0) is 29.9 Å².